The van der Waals surface area contributed by atoms with E-state index in [1.807, 2.05) is 13.8 Å². The summed E-state index contributed by atoms with van der Waals surface area (Å²) in [5.74, 6) is 0.477. The highest BCUT2D eigenvalue weighted by atomic mass is 15.4. The summed E-state index contributed by atoms with van der Waals surface area (Å²) >= 11 is 0. The van der Waals surface area contributed by atoms with Crippen LogP contribution in [-0.4, -0.2) is 16.3 Å². The van der Waals surface area contributed by atoms with E-state index in [1.54, 1.807) is 4.68 Å². The van der Waals surface area contributed by atoms with Crippen LogP contribution < -0.4 is 17.2 Å². The van der Waals surface area contributed by atoms with E-state index >= 15 is 0 Å². The molecule has 0 saturated carbocycles. The first-order valence-corrected chi connectivity index (χ1v) is 3.78. The molecule has 0 saturated heterocycles. The van der Waals surface area contributed by atoms with E-state index in [1.165, 1.54) is 6.20 Å². The van der Waals surface area contributed by atoms with Gasteiger partial charge >= 0.3 is 0 Å². The Labute approximate surface area is 71.5 Å². The summed E-state index contributed by atoms with van der Waals surface area (Å²) in [7, 11) is 0. The molecule has 0 aliphatic heterocycles. The largest absolute Gasteiger partial charge is 0.394 e. The normalized spacial score (nSPS) is 11.9. The smallest absolute Gasteiger partial charge is 0.145 e. The zero-order valence-corrected chi connectivity index (χ0v) is 7.41. The summed E-state index contributed by atoms with van der Waals surface area (Å²) in [6.07, 6.45) is 1.53. The fourth-order valence-electron chi connectivity index (χ4n) is 0.939. The van der Waals surface area contributed by atoms with Gasteiger partial charge in [0.15, 0.2) is 0 Å². The predicted octanol–water partition coefficient (Wildman–Crippen LogP) is -0.259. The lowest BCUT2D eigenvalue weighted by Gasteiger charge is -2.24. The number of aromatic nitrogens is 2. The fourth-order valence-corrected chi connectivity index (χ4v) is 0.939. The molecule has 6 N–H and O–H groups in total. The number of nitrogen functional groups attached to an aromatic ring is 2. The van der Waals surface area contributed by atoms with Gasteiger partial charge in [0.05, 0.1) is 17.4 Å². The van der Waals surface area contributed by atoms with Gasteiger partial charge in [-0.3, -0.25) is 0 Å². The SMILES string of the molecule is CC(C)(CN)n1ncc(N)c1N. The highest BCUT2D eigenvalue weighted by Crippen LogP contribution is 2.21. The number of anilines is 2. The highest BCUT2D eigenvalue weighted by molar-refractivity contribution is 5.57. The summed E-state index contributed by atoms with van der Waals surface area (Å²) in [4.78, 5) is 0. The molecule has 0 aliphatic carbocycles. The molecule has 0 amide bonds. The second kappa shape index (κ2) is 2.67. The number of hydrogen-bond donors (Lipinski definition) is 3. The topological polar surface area (TPSA) is 95.9 Å². The van der Waals surface area contributed by atoms with Crippen LogP contribution in [0, 0.1) is 0 Å². The minimum absolute atomic E-state index is 0.276. The Morgan fingerprint density at radius 1 is 1.50 bits per heavy atom. The molecule has 12 heavy (non-hydrogen) atoms. The van der Waals surface area contributed by atoms with Gasteiger partial charge in [0.25, 0.3) is 0 Å². The van der Waals surface area contributed by atoms with Crippen LogP contribution >= 0.6 is 0 Å². The van der Waals surface area contributed by atoms with Crippen molar-refractivity contribution in [2.75, 3.05) is 18.0 Å². The van der Waals surface area contributed by atoms with Crippen molar-refractivity contribution in [3.8, 4) is 0 Å². The molecule has 68 valence electrons. The van der Waals surface area contributed by atoms with Gasteiger partial charge < -0.3 is 17.2 Å². The highest BCUT2D eigenvalue weighted by Gasteiger charge is 2.21. The average Bonchev–Trinajstić information content (AvgIpc) is 2.33. The van der Waals surface area contributed by atoms with Gasteiger partial charge in [-0.1, -0.05) is 0 Å². The molecule has 1 heterocycles. The van der Waals surface area contributed by atoms with E-state index in [-0.39, 0.29) is 5.54 Å². The fraction of sp³-hybridized carbons (Fsp3) is 0.571. The molecule has 0 bridgehead atoms. The Kier molecular flexibility index (Phi) is 1.97. The summed E-state index contributed by atoms with van der Waals surface area (Å²) in [5.41, 5.74) is 17.0. The van der Waals surface area contributed by atoms with Gasteiger partial charge in [0.1, 0.15) is 5.82 Å². The van der Waals surface area contributed by atoms with Crippen molar-refractivity contribution in [3.63, 3.8) is 0 Å². The summed E-state index contributed by atoms with van der Waals surface area (Å²) in [5, 5.41) is 4.04. The Morgan fingerprint density at radius 2 is 2.08 bits per heavy atom. The molecule has 1 rings (SSSR count). The Balaban J connectivity index is 3.11. The van der Waals surface area contributed by atoms with Crippen LogP contribution in [0.2, 0.25) is 0 Å². The maximum atomic E-state index is 5.68. The molecule has 0 aliphatic rings. The van der Waals surface area contributed by atoms with E-state index in [2.05, 4.69) is 5.10 Å². The summed E-state index contributed by atoms with van der Waals surface area (Å²) in [6, 6.07) is 0. The first-order valence-electron chi connectivity index (χ1n) is 3.78. The van der Waals surface area contributed by atoms with Crippen LogP contribution in [0.1, 0.15) is 13.8 Å². The van der Waals surface area contributed by atoms with Gasteiger partial charge in [0.2, 0.25) is 0 Å². The maximum absolute atomic E-state index is 5.68. The molecule has 5 nitrogen and oxygen atoms in total. The van der Waals surface area contributed by atoms with Gasteiger partial charge in [-0.15, -0.1) is 0 Å². The third-order valence-electron chi connectivity index (χ3n) is 1.91. The second-order valence-corrected chi connectivity index (χ2v) is 3.41. The standard InChI is InChI=1S/C7H15N5/c1-7(2,4-8)12-6(10)5(9)3-11-12/h3H,4,8-10H2,1-2H3. The lowest BCUT2D eigenvalue weighted by Crippen LogP contribution is -2.36. The van der Waals surface area contributed by atoms with Crippen molar-refractivity contribution in [3.05, 3.63) is 6.20 Å². The van der Waals surface area contributed by atoms with Gasteiger partial charge in [0, 0.05) is 6.54 Å². The zero-order chi connectivity index (χ0) is 9.35. The van der Waals surface area contributed by atoms with E-state index < -0.39 is 0 Å². The maximum Gasteiger partial charge on any atom is 0.145 e. The average molecular weight is 169 g/mol. The Hall–Kier alpha value is -1.23. The first-order chi connectivity index (χ1) is 5.49. The third-order valence-corrected chi connectivity index (χ3v) is 1.91. The van der Waals surface area contributed by atoms with Crippen molar-refractivity contribution in [2.45, 2.75) is 19.4 Å². The minimum Gasteiger partial charge on any atom is -0.394 e. The van der Waals surface area contributed by atoms with Crippen LogP contribution in [0.5, 0.6) is 0 Å². The van der Waals surface area contributed by atoms with Crippen LogP contribution in [-0.2, 0) is 5.54 Å². The van der Waals surface area contributed by atoms with Crippen molar-refractivity contribution in [2.24, 2.45) is 5.73 Å². The summed E-state index contributed by atoms with van der Waals surface area (Å²) < 4.78 is 1.64. The summed E-state index contributed by atoms with van der Waals surface area (Å²) in [6.45, 7) is 4.38. The Bertz CT molecular complexity index is 275. The molecule has 5 heteroatoms. The van der Waals surface area contributed by atoms with Crippen molar-refractivity contribution >= 4 is 11.5 Å². The van der Waals surface area contributed by atoms with E-state index in [4.69, 9.17) is 17.2 Å². The molecule has 0 fully saturated rings. The lowest BCUT2D eigenvalue weighted by molar-refractivity contribution is 0.335. The third kappa shape index (κ3) is 1.23. The monoisotopic (exact) mass is 169 g/mol. The quantitative estimate of drug-likeness (QED) is 0.568. The van der Waals surface area contributed by atoms with Gasteiger partial charge in [-0.25, -0.2) is 4.68 Å². The molecule has 0 spiro atoms. The van der Waals surface area contributed by atoms with Crippen LogP contribution in [0.3, 0.4) is 0 Å². The van der Waals surface area contributed by atoms with Crippen molar-refractivity contribution in [1.82, 2.24) is 9.78 Å². The lowest BCUT2D eigenvalue weighted by atomic mass is 10.1. The molecule has 1 aromatic rings. The first kappa shape index (κ1) is 8.86. The van der Waals surface area contributed by atoms with E-state index in [0.29, 0.717) is 18.1 Å². The second-order valence-electron chi connectivity index (χ2n) is 3.41. The van der Waals surface area contributed by atoms with Crippen LogP contribution in [0.25, 0.3) is 0 Å². The van der Waals surface area contributed by atoms with E-state index in [0.717, 1.165) is 0 Å². The predicted molar refractivity (Wildman–Crippen MR) is 49.4 cm³/mol. The number of nitrogens with two attached hydrogens (primary N) is 3. The minimum atomic E-state index is -0.276. The van der Waals surface area contributed by atoms with Crippen molar-refractivity contribution < 1.29 is 0 Å². The molecule has 0 aromatic carbocycles. The molecule has 0 radical (unpaired) electrons. The molecular weight excluding hydrogens is 154 g/mol. The number of nitrogens with zero attached hydrogens (tertiary/aromatic N) is 2. The van der Waals surface area contributed by atoms with Crippen molar-refractivity contribution in [1.29, 1.82) is 0 Å². The Morgan fingerprint density at radius 3 is 2.42 bits per heavy atom. The molecule has 0 atom stereocenters. The van der Waals surface area contributed by atoms with Gasteiger partial charge in [-0.05, 0) is 13.8 Å². The molecular formula is C7H15N5. The zero-order valence-electron chi connectivity index (χ0n) is 7.41. The van der Waals surface area contributed by atoms with Crippen LogP contribution in [0.4, 0.5) is 11.5 Å². The number of hydrogen-bond acceptors (Lipinski definition) is 4. The van der Waals surface area contributed by atoms with Crippen LogP contribution in [0.15, 0.2) is 6.20 Å². The van der Waals surface area contributed by atoms with Gasteiger partial charge in [-0.2, -0.15) is 5.10 Å². The van der Waals surface area contributed by atoms with E-state index in [9.17, 15) is 0 Å². The number of rotatable bonds is 2. The molecule has 0 unspecified atom stereocenters. The molecule has 1 aromatic heterocycles.